The lowest BCUT2D eigenvalue weighted by atomic mass is 9.97. The SMILES string of the molecule is O=S(=O)(Cc1ccccc1Cl)NCC1CCN(c2nc3ccccc3o2)CC1. The summed E-state index contributed by atoms with van der Waals surface area (Å²) in [6.45, 7) is 2.03. The fourth-order valence-electron chi connectivity index (χ4n) is 3.44. The minimum atomic E-state index is -3.42. The van der Waals surface area contributed by atoms with Gasteiger partial charge in [-0.1, -0.05) is 41.9 Å². The smallest absolute Gasteiger partial charge is 0.298 e. The van der Waals surface area contributed by atoms with Gasteiger partial charge in [0.2, 0.25) is 10.0 Å². The van der Waals surface area contributed by atoms with Gasteiger partial charge in [-0.05, 0) is 42.5 Å². The number of benzene rings is 2. The van der Waals surface area contributed by atoms with Crippen molar-refractivity contribution in [2.24, 2.45) is 5.92 Å². The van der Waals surface area contributed by atoms with E-state index < -0.39 is 10.0 Å². The van der Waals surface area contributed by atoms with E-state index in [1.807, 2.05) is 24.3 Å². The zero-order valence-corrected chi connectivity index (χ0v) is 16.9. The molecule has 0 amide bonds. The van der Waals surface area contributed by atoms with Crippen LogP contribution in [0.25, 0.3) is 11.1 Å². The summed E-state index contributed by atoms with van der Waals surface area (Å²) in [4.78, 5) is 6.66. The molecule has 0 saturated carbocycles. The molecular weight excluding hydrogens is 398 g/mol. The van der Waals surface area contributed by atoms with Crippen LogP contribution in [0.4, 0.5) is 6.01 Å². The predicted molar refractivity (Wildman–Crippen MR) is 111 cm³/mol. The van der Waals surface area contributed by atoms with E-state index in [1.165, 1.54) is 0 Å². The van der Waals surface area contributed by atoms with Crippen molar-refractivity contribution in [1.29, 1.82) is 0 Å². The van der Waals surface area contributed by atoms with E-state index in [-0.39, 0.29) is 5.75 Å². The Kier molecular flexibility index (Phi) is 5.57. The van der Waals surface area contributed by atoms with Gasteiger partial charge >= 0.3 is 0 Å². The highest BCUT2D eigenvalue weighted by molar-refractivity contribution is 7.88. The molecule has 1 fully saturated rings. The number of sulfonamides is 1. The monoisotopic (exact) mass is 419 g/mol. The van der Waals surface area contributed by atoms with Crippen molar-refractivity contribution >= 4 is 38.7 Å². The van der Waals surface area contributed by atoms with Gasteiger partial charge in [-0.2, -0.15) is 4.98 Å². The van der Waals surface area contributed by atoms with Gasteiger partial charge in [0.25, 0.3) is 6.01 Å². The zero-order valence-electron chi connectivity index (χ0n) is 15.3. The summed E-state index contributed by atoms with van der Waals surface area (Å²) in [5.74, 6) is 0.190. The molecule has 8 heteroatoms. The third-order valence-electron chi connectivity index (χ3n) is 5.06. The van der Waals surface area contributed by atoms with Crippen LogP contribution in [0.1, 0.15) is 18.4 Å². The molecule has 2 aromatic carbocycles. The minimum absolute atomic E-state index is 0.103. The van der Waals surface area contributed by atoms with E-state index in [4.69, 9.17) is 16.0 Å². The Morgan fingerprint density at radius 2 is 1.82 bits per heavy atom. The lowest BCUT2D eigenvalue weighted by molar-refractivity contribution is 0.387. The molecule has 1 aromatic heterocycles. The van der Waals surface area contributed by atoms with Crippen LogP contribution in [0.5, 0.6) is 0 Å². The first-order valence-electron chi connectivity index (χ1n) is 9.31. The standard InChI is InChI=1S/C20H22ClN3O3S/c21-17-6-2-1-5-16(17)14-28(25,26)22-13-15-9-11-24(12-10-15)20-23-18-7-3-4-8-19(18)27-20/h1-8,15,22H,9-14H2. The highest BCUT2D eigenvalue weighted by Crippen LogP contribution is 2.26. The van der Waals surface area contributed by atoms with Crippen LogP contribution in [0.3, 0.4) is 0 Å². The number of rotatable bonds is 6. The summed E-state index contributed by atoms with van der Waals surface area (Å²) in [6.07, 6.45) is 1.76. The van der Waals surface area contributed by atoms with Gasteiger partial charge < -0.3 is 9.32 Å². The number of piperidine rings is 1. The second-order valence-electron chi connectivity index (χ2n) is 7.09. The topological polar surface area (TPSA) is 75.4 Å². The molecule has 3 aromatic rings. The molecule has 1 aliphatic heterocycles. The first-order chi connectivity index (χ1) is 13.5. The highest BCUT2D eigenvalue weighted by Gasteiger charge is 2.24. The lowest BCUT2D eigenvalue weighted by Gasteiger charge is -2.30. The summed E-state index contributed by atoms with van der Waals surface area (Å²) in [5.41, 5.74) is 2.25. The van der Waals surface area contributed by atoms with Crippen molar-refractivity contribution in [3.8, 4) is 0 Å². The van der Waals surface area contributed by atoms with Gasteiger partial charge in [-0.3, -0.25) is 0 Å². The van der Waals surface area contributed by atoms with Crippen molar-refractivity contribution in [3.05, 3.63) is 59.1 Å². The molecule has 0 bridgehead atoms. The van der Waals surface area contributed by atoms with Crippen molar-refractivity contribution in [2.75, 3.05) is 24.5 Å². The van der Waals surface area contributed by atoms with Crippen molar-refractivity contribution in [2.45, 2.75) is 18.6 Å². The third kappa shape index (κ3) is 4.48. The Bertz CT molecular complexity index is 1030. The van der Waals surface area contributed by atoms with Crippen molar-refractivity contribution in [3.63, 3.8) is 0 Å². The van der Waals surface area contributed by atoms with E-state index in [9.17, 15) is 8.42 Å². The van der Waals surface area contributed by atoms with Gasteiger partial charge in [0.05, 0.1) is 5.75 Å². The molecule has 1 N–H and O–H groups in total. The quantitative estimate of drug-likeness (QED) is 0.657. The number of oxazole rings is 1. The molecule has 2 heterocycles. The van der Waals surface area contributed by atoms with Crippen LogP contribution in [-0.2, 0) is 15.8 Å². The molecule has 0 aliphatic carbocycles. The number of nitrogens with zero attached hydrogens (tertiary/aromatic N) is 2. The van der Waals surface area contributed by atoms with E-state index in [0.717, 1.165) is 37.0 Å². The second kappa shape index (κ2) is 8.11. The Hall–Kier alpha value is -2.09. The Balaban J connectivity index is 1.30. The van der Waals surface area contributed by atoms with Crippen molar-refractivity contribution in [1.82, 2.24) is 9.71 Å². The number of hydrogen-bond donors (Lipinski definition) is 1. The van der Waals surface area contributed by atoms with E-state index in [1.54, 1.807) is 24.3 Å². The fraction of sp³-hybridized carbons (Fsp3) is 0.350. The molecule has 1 saturated heterocycles. The van der Waals surface area contributed by atoms with Crippen LogP contribution < -0.4 is 9.62 Å². The maximum absolute atomic E-state index is 12.4. The van der Waals surface area contributed by atoms with Crippen LogP contribution in [0, 0.1) is 5.92 Å². The zero-order chi connectivity index (χ0) is 19.6. The molecule has 0 spiro atoms. The largest absolute Gasteiger partial charge is 0.423 e. The molecule has 0 atom stereocenters. The molecular formula is C20H22ClN3O3S. The second-order valence-corrected chi connectivity index (χ2v) is 9.31. The van der Waals surface area contributed by atoms with Gasteiger partial charge in [0.15, 0.2) is 5.58 Å². The Morgan fingerprint density at radius 1 is 1.11 bits per heavy atom. The number of halogens is 1. The maximum Gasteiger partial charge on any atom is 0.298 e. The number of para-hydroxylation sites is 2. The molecule has 1 aliphatic rings. The average Bonchev–Trinajstić information content (AvgIpc) is 3.13. The minimum Gasteiger partial charge on any atom is -0.423 e. The average molecular weight is 420 g/mol. The highest BCUT2D eigenvalue weighted by atomic mass is 35.5. The molecule has 0 unspecified atom stereocenters. The first kappa shape index (κ1) is 19.2. The lowest BCUT2D eigenvalue weighted by Crippen LogP contribution is -2.39. The summed E-state index contributed by atoms with van der Waals surface area (Å²) < 4.78 is 33.3. The summed E-state index contributed by atoms with van der Waals surface area (Å²) >= 11 is 6.07. The van der Waals surface area contributed by atoms with Crippen LogP contribution in [0.2, 0.25) is 5.02 Å². The molecule has 0 radical (unpaired) electrons. The summed E-state index contributed by atoms with van der Waals surface area (Å²) in [6, 6.07) is 15.4. The van der Waals surface area contributed by atoms with Crippen molar-refractivity contribution < 1.29 is 12.8 Å². The third-order valence-corrected chi connectivity index (χ3v) is 6.73. The first-order valence-corrected chi connectivity index (χ1v) is 11.3. The number of aromatic nitrogens is 1. The van der Waals surface area contributed by atoms with Gasteiger partial charge in [-0.15, -0.1) is 0 Å². The van der Waals surface area contributed by atoms with Crippen LogP contribution >= 0.6 is 11.6 Å². The number of nitrogens with one attached hydrogen (secondary N) is 1. The number of anilines is 1. The summed E-state index contributed by atoms with van der Waals surface area (Å²) in [7, 11) is -3.42. The van der Waals surface area contributed by atoms with E-state index in [2.05, 4.69) is 14.6 Å². The Morgan fingerprint density at radius 3 is 2.57 bits per heavy atom. The Labute approximate surface area is 169 Å². The molecule has 6 nitrogen and oxygen atoms in total. The van der Waals surface area contributed by atoms with Crippen LogP contribution in [-0.4, -0.2) is 33.0 Å². The molecule has 4 rings (SSSR count). The molecule has 148 valence electrons. The number of fused-ring (bicyclic) bond motifs is 1. The van der Waals surface area contributed by atoms with E-state index in [0.29, 0.717) is 29.1 Å². The number of hydrogen-bond acceptors (Lipinski definition) is 5. The normalized spacial score (nSPS) is 16.0. The van der Waals surface area contributed by atoms with Crippen LogP contribution in [0.15, 0.2) is 52.9 Å². The van der Waals surface area contributed by atoms with E-state index >= 15 is 0 Å². The predicted octanol–water partition coefficient (Wildman–Crippen LogP) is 3.82. The van der Waals surface area contributed by atoms with Gasteiger partial charge in [0.1, 0.15) is 5.52 Å². The van der Waals surface area contributed by atoms with Gasteiger partial charge in [-0.25, -0.2) is 13.1 Å². The maximum atomic E-state index is 12.4. The fourth-order valence-corrected chi connectivity index (χ4v) is 4.97. The van der Waals surface area contributed by atoms with Gasteiger partial charge in [0, 0.05) is 24.7 Å². The molecule has 28 heavy (non-hydrogen) atoms. The summed E-state index contributed by atoms with van der Waals surface area (Å²) in [5, 5.41) is 0.472.